The quantitative estimate of drug-likeness (QED) is 0.663. The van der Waals surface area contributed by atoms with Crippen molar-refractivity contribution in [3.8, 4) is 0 Å². The van der Waals surface area contributed by atoms with E-state index in [1.807, 2.05) is 13.8 Å². The van der Waals surface area contributed by atoms with E-state index in [0.29, 0.717) is 6.42 Å². The van der Waals surface area contributed by atoms with Crippen molar-refractivity contribution in [2.24, 2.45) is 5.92 Å². The van der Waals surface area contributed by atoms with E-state index < -0.39 is 18.0 Å². The van der Waals surface area contributed by atoms with Gasteiger partial charge in [-0.15, -0.1) is 0 Å². The number of carboxylic acids is 1. The first kappa shape index (κ1) is 11.9. The standard InChI is InChI=1S/C9H16O4/c1-4-7(9(11)12)13-8(10)5-6(2)3/h6-7H,4-5H2,1-3H3,(H,11,12). The summed E-state index contributed by atoms with van der Waals surface area (Å²) in [6, 6.07) is 0. The first-order valence-electron chi connectivity index (χ1n) is 4.39. The van der Waals surface area contributed by atoms with E-state index in [4.69, 9.17) is 9.84 Å². The molecule has 1 N–H and O–H groups in total. The molecule has 76 valence electrons. The fraction of sp³-hybridized carbons (Fsp3) is 0.778. The highest BCUT2D eigenvalue weighted by atomic mass is 16.6. The van der Waals surface area contributed by atoms with E-state index in [0.717, 1.165) is 0 Å². The molecule has 13 heavy (non-hydrogen) atoms. The van der Waals surface area contributed by atoms with Crippen LogP contribution in [0.3, 0.4) is 0 Å². The molecule has 0 amide bonds. The number of hydrogen-bond acceptors (Lipinski definition) is 3. The van der Waals surface area contributed by atoms with E-state index in [9.17, 15) is 9.59 Å². The van der Waals surface area contributed by atoms with Crippen molar-refractivity contribution in [3.63, 3.8) is 0 Å². The Morgan fingerprint density at radius 1 is 1.38 bits per heavy atom. The van der Waals surface area contributed by atoms with Gasteiger partial charge >= 0.3 is 11.9 Å². The van der Waals surface area contributed by atoms with Gasteiger partial charge in [0.05, 0.1) is 0 Å². The minimum Gasteiger partial charge on any atom is -0.479 e. The van der Waals surface area contributed by atoms with Crippen LogP contribution in [0.25, 0.3) is 0 Å². The van der Waals surface area contributed by atoms with Crippen LogP contribution in [0.1, 0.15) is 33.6 Å². The Morgan fingerprint density at radius 2 is 1.92 bits per heavy atom. The molecule has 0 aromatic carbocycles. The van der Waals surface area contributed by atoms with E-state index in [-0.39, 0.29) is 12.3 Å². The van der Waals surface area contributed by atoms with Crippen molar-refractivity contribution >= 4 is 11.9 Å². The minimum absolute atomic E-state index is 0.193. The molecule has 0 radical (unpaired) electrons. The second-order valence-electron chi connectivity index (χ2n) is 3.32. The lowest BCUT2D eigenvalue weighted by atomic mass is 10.1. The molecule has 0 fully saturated rings. The molecule has 0 heterocycles. The number of carbonyl (C=O) groups excluding carboxylic acids is 1. The molecule has 0 aliphatic carbocycles. The zero-order chi connectivity index (χ0) is 10.4. The minimum atomic E-state index is -1.08. The van der Waals surface area contributed by atoms with Crippen LogP contribution in [0.4, 0.5) is 0 Å². The third-order valence-corrected chi connectivity index (χ3v) is 1.49. The summed E-state index contributed by atoms with van der Waals surface area (Å²) in [6.45, 7) is 5.42. The van der Waals surface area contributed by atoms with Gasteiger partial charge in [0.1, 0.15) is 0 Å². The van der Waals surface area contributed by atoms with Crippen LogP contribution in [0.5, 0.6) is 0 Å². The molecule has 1 atom stereocenters. The van der Waals surface area contributed by atoms with Gasteiger partial charge in [0.2, 0.25) is 0 Å². The zero-order valence-corrected chi connectivity index (χ0v) is 8.24. The average Bonchev–Trinajstić information content (AvgIpc) is 1.98. The number of carbonyl (C=O) groups is 2. The Hall–Kier alpha value is -1.06. The Balaban J connectivity index is 3.94. The molecule has 0 rings (SSSR count). The molecule has 4 heteroatoms. The molecular formula is C9H16O4. The lowest BCUT2D eigenvalue weighted by molar-refractivity contribution is -0.164. The fourth-order valence-electron chi connectivity index (χ4n) is 0.848. The lowest BCUT2D eigenvalue weighted by Crippen LogP contribution is -2.26. The van der Waals surface area contributed by atoms with Gasteiger partial charge in [0.25, 0.3) is 0 Å². The predicted molar refractivity (Wildman–Crippen MR) is 47.3 cm³/mol. The molecule has 4 nitrogen and oxygen atoms in total. The third-order valence-electron chi connectivity index (χ3n) is 1.49. The Labute approximate surface area is 77.9 Å². The summed E-state index contributed by atoms with van der Waals surface area (Å²) < 4.78 is 4.73. The predicted octanol–water partition coefficient (Wildman–Crippen LogP) is 1.44. The molecule has 0 bridgehead atoms. The van der Waals surface area contributed by atoms with Gasteiger partial charge in [-0.3, -0.25) is 4.79 Å². The summed E-state index contributed by atoms with van der Waals surface area (Å²) in [7, 11) is 0. The molecule has 0 saturated heterocycles. The van der Waals surface area contributed by atoms with Crippen molar-refractivity contribution in [2.45, 2.75) is 39.7 Å². The molecular weight excluding hydrogens is 172 g/mol. The molecule has 0 aliphatic rings. The maximum atomic E-state index is 11.0. The van der Waals surface area contributed by atoms with Crippen LogP contribution in [0.15, 0.2) is 0 Å². The van der Waals surface area contributed by atoms with Crippen LogP contribution < -0.4 is 0 Å². The normalized spacial score (nSPS) is 12.6. The summed E-state index contributed by atoms with van der Waals surface area (Å²) in [5.41, 5.74) is 0. The summed E-state index contributed by atoms with van der Waals surface area (Å²) in [4.78, 5) is 21.5. The van der Waals surface area contributed by atoms with Crippen molar-refractivity contribution in [1.82, 2.24) is 0 Å². The third kappa shape index (κ3) is 5.22. The number of carboxylic acid groups (broad SMARTS) is 1. The van der Waals surface area contributed by atoms with Crippen molar-refractivity contribution in [1.29, 1.82) is 0 Å². The number of rotatable bonds is 5. The van der Waals surface area contributed by atoms with Gasteiger partial charge in [-0.25, -0.2) is 4.79 Å². The van der Waals surface area contributed by atoms with Gasteiger partial charge in [-0.1, -0.05) is 20.8 Å². The SMILES string of the molecule is CCC(OC(=O)CC(C)C)C(=O)O. The lowest BCUT2D eigenvalue weighted by Gasteiger charge is -2.12. The van der Waals surface area contributed by atoms with Gasteiger partial charge in [-0.05, 0) is 12.3 Å². The monoisotopic (exact) mass is 188 g/mol. The average molecular weight is 188 g/mol. The molecule has 0 aliphatic heterocycles. The van der Waals surface area contributed by atoms with Crippen LogP contribution in [0.2, 0.25) is 0 Å². The number of ether oxygens (including phenoxy) is 1. The van der Waals surface area contributed by atoms with Crippen LogP contribution in [-0.2, 0) is 14.3 Å². The second kappa shape index (κ2) is 5.56. The van der Waals surface area contributed by atoms with E-state index in [1.54, 1.807) is 6.92 Å². The van der Waals surface area contributed by atoms with Gasteiger partial charge < -0.3 is 9.84 Å². The Morgan fingerprint density at radius 3 is 2.23 bits per heavy atom. The van der Waals surface area contributed by atoms with Crippen LogP contribution >= 0.6 is 0 Å². The fourth-order valence-corrected chi connectivity index (χ4v) is 0.848. The van der Waals surface area contributed by atoms with Crippen molar-refractivity contribution in [2.75, 3.05) is 0 Å². The smallest absolute Gasteiger partial charge is 0.345 e. The molecule has 1 unspecified atom stereocenters. The first-order valence-corrected chi connectivity index (χ1v) is 4.39. The summed E-state index contributed by atoms with van der Waals surface area (Å²) >= 11 is 0. The molecule has 0 saturated carbocycles. The van der Waals surface area contributed by atoms with Crippen molar-refractivity contribution in [3.05, 3.63) is 0 Å². The largest absolute Gasteiger partial charge is 0.479 e. The highest BCUT2D eigenvalue weighted by molar-refractivity contribution is 5.77. The van der Waals surface area contributed by atoms with Gasteiger partial charge in [0, 0.05) is 6.42 Å². The highest BCUT2D eigenvalue weighted by Gasteiger charge is 2.19. The maximum Gasteiger partial charge on any atom is 0.345 e. The number of hydrogen-bond donors (Lipinski definition) is 1. The first-order chi connectivity index (χ1) is 5.97. The van der Waals surface area contributed by atoms with Gasteiger partial charge in [0.15, 0.2) is 6.10 Å². The molecule has 0 aromatic rings. The van der Waals surface area contributed by atoms with Crippen LogP contribution in [0, 0.1) is 5.92 Å². The second-order valence-corrected chi connectivity index (χ2v) is 3.32. The summed E-state index contributed by atoms with van der Waals surface area (Å²) in [6.07, 6.45) is -0.422. The number of esters is 1. The van der Waals surface area contributed by atoms with Crippen LogP contribution in [-0.4, -0.2) is 23.1 Å². The highest BCUT2D eigenvalue weighted by Crippen LogP contribution is 2.05. The maximum absolute atomic E-state index is 11.0. The van der Waals surface area contributed by atoms with Gasteiger partial charge in [-0.2, -0.15) is 0 Å². The molecule has 0 spiro atoms. The van der Waals surface area contributed by atoms with E-state index in [2.05, 4.69) is 0 Å². The molecule has 0 aromatic heterocycles. The number of aliphatic carboxylic acids is 1. The topological polar surface area (TPSA) is 63.6 Å². The van der Waals surface area contributed by atoms with E-state index in [1.165, 1.54) is 0 Å². The summed E-state index contributed by atoms with van der Waals surface area (Å²) in [5.74, 6) is -1.33. The van der Waals surface area contributed by atoms with E-state index >= 15 is 0 Å². The Kier molecular flexibility index (Phi) is 5.11. The Bertz CT molecular complexity index is 186. The summed E-state index contributed by atoms with van der Waals surface area (Å²) in [5, 5.41) is 8.58. The zero-order valence-electron chi connectivity index (χ0n) is 8.24. The van der Waals surface area contributed by atoms with Crippen molar-refractivity contribution < 1.29 is 19.4 Å².